The van der Waals surface area contributed by atoms with E-state index in [-0.39, 0.29) is 6.09 Å². The summed E-state index contributed by atoms with van der Waals surface area (Å²) >= 11 is 0. The van der Waals surface area contributed by atoms with Crippen molar-refractivity contribution in [2.45, 2.75) is 40.2 Å². The third-order valence-corrected chi connectivity index (χ3v) is 1.28. The molecule has 0 atom stereocenters. The van der Waals surface area contributed by atoms with Crippen LogP contribution in [0, 0.1) is 0 Å². The number of rotatable bonds is 3. The molecule has 0 unspecified atom stereocenters. The van der Waals surface area contributed by atoms with E-state index in [0.717, 1.165) is 0 Å². The highest BCUT2D eigenvalue weighted by molar-refractivity contribution is 5.67. The Kier molecular flexibility index (Phi) is 4.77. The lowest BCUT2D eigenvalue weighted by atomic mass is 10.2. The van der Waals surface area contributed by atoms with Gasteiger partial charge in [-0.1, -0.05) is 6.92 Å². The number of hydrogen-bond acceptors (Lipinski definition) is 3. The van der Waals surface area contributed by atoms with Crippen LogP contribution in [0.2, 0.25) is 0 Å². The zero-order valence-corrected chi connectivity index (χ0v) is 9.18. The summed E-state index contributed by atoms with van der Waals surface area (Å²) in [7, 11) is 0. The molecule has 0 aliphatic heterocycles. The van der Waals surface area contributed by atoms with E-state index in [1.54, 1.807) is 0 Å². The van der Waals surface area contributed by atoms with Crippen LogP contribution < -0.4 is 5.43 Å². The number of nitrogens with zero attached hydrogens (tertiary/aromatic N) is 1. The highest BCUT2D eigenvalue weighted by atomic mass is 16.6. The van der Waals surface area contributed by atoms with Gasteiger partial charge < -0.3 is 4.74 Å². The van der Waals surface area contributed by atoms with E-state index >= 15 is 0 Å². The predicted molar refractivity (Wildman–Crippen MR) is 52.3 cm³/mol. The lowest BCUT2D eigenvalue weighted by Crippen LogP contribution is -2.45. The third-order valence-electron chi connectivity index (χ3n) is 1.28. The molecule has 0 heterocycles. The standard InChI is InChI=1S/C9H20N2O2/c1-6-10-11(7-2)8(12)13-9(3,4)5/h10H,6-7H2,1-5H3. The quantitative estimate of drug-likeness (QED) is 0.686. The Labute approximate surface area is 80.2 Å². The number of carbonyl (C=O) groups excluding carboxylic acids is 1. The molecule has 78 valence electrons. The third kappa shape index (κ3) is 5.47. The van der Waals surface area contributed by atoms with Crippen molar-refractivity contribution in [1.82, 2.24) is 10.4 Å². The van der Waals surface area contributed by atoms with Crippen molar-refractivity contribution in [3.8, 4) is 0 Å². The molecule has 4 heteroatoms. The minimum Gasteiger partial charge on any atom is -0.443 e. The van der Waals surface area contributed by atoms with E-state index in [0.29, 0.717) is 13.1 Å². The largest absolute Gasteiger partial charge is 0.443 e. The van der Waals surface area contributed by atoms with Crippen LogP contribution in [-0.2, 0) is 4.74 Å². The molecule has 0 fully saturated rings. The Morgan fingerprint density at radius 2 is 1.92 bits per heavy atom. The number of hydrazine groups is 1. The fourth-order valence-corrected chi connectivity index (χ4v) is 0.813. The Morgan fingerprint density at radius 1 is 1.38 bits per heavy atom. The van der Waals surface area contributed by atoms with Gasteiger partial charge in [-0.25, -0.2) is 15.2 Å². The molecule has 0 bridgehead atoms. The molecule has 0 aromatic heterocycles. The molecule has 0 radical (unpaired) electrons. The van der Waals surface area contributed by atoms with Crippen molar-refractivity contribution in [2.75, 3.05) is 13.1 Å². The van der Waals surface area contributed by atoms with Crippen LogP contribution in [0.25, 0.3) is 0 Å². The van der Waals surface area contributed by atoms with Crippen molar-refractivity contribution in [3.05, 3.63) is 0 Å². The van der Waals surface area contributed by atoms with Crippen LogP contribution in [0.1, 0.15) is 34.6 Å². The molecule has 0 aromatic carbocycles. The number of ether oxygens (including phenoxy) is 1. The molecule has 0 rings (SSSR count). The summed E-state index contributed by atoms with van der Waals surface area (Å²) in [6.45, 7) is 10.7. The van der Waals surface area contributed by atoms with Crippen molar-refractivity contribution in [1.29, 1.82) is 0 Å². The van der Waals surface area contributed by atoms with Gasteiger partial charge in [0, 0.05) is 13.1 Å². The fourth-order valence-electron chi connectivity index (χ4n) is 0.813. The molecule has 0 saturated carbocycles. The van der Waals surface area contributed by atoms with E-state index in [2.05, 4.69) is 5.43 Å². The topological polar surface area (TPSA) is 41.6 Å². The molecule has 1 amide bonds. The SMILES string of the molecule is CCNN(CC)C(=O)OC(C)(C)C. The second-order valence-electron chi connectivity index (χ2n) is 3.74. The smallest absolute Gasteiger partial charge is 0.424 e. The Hall–Kier alpha value is -0.770. The van der Waals surface area contributed by atoms with Crippen molar-refractivity contribution in [3.63, 3.8) is 0 Å². The van der Waals surface area contributed by atoms with Gasteiger partial charge in [-0.3, -0.25) is 0 Å². The van der Waals surface area contributed by atoms with Crippen molar-refractivity contribution in [2.24, 2.45) is 0 Å². The molecule has 0 spiro atoms. The maximum atomic E-state index is 11.4. The van der Waals surface area contributed by atoms with Gasteiger partial charge in [-0.2, -0.15) is 0 Å². The summed E-state index contributed by atoms with van der Waals surface area (Å²) in [5.41, 5.74) is 2.48. The van der Waals surface area contributed by atoms with Crippen LogP contribution >= 0.6 is 0 Å². The lowest BCUT2D eigenvalue weighted by Gasteiger charge is -2.26. The van der Waals surface area contributed by atoms with Crippen LogP contribution in [0.15, 0.2) is 0 Å². The van der Waals surface area contributed by atoms with E-state index in [1.165, 1.54) is 5.01 Å². The number of hydrogen-bond donors (Lipinski definition) is 1. The minimum atomic E-state index is -0.431. The van der Waals surface area contributed by atoms with E-state index in [1.807, 2.05) is 34.6 Å². The van der Waals surface area contributed by atoms with Gasteiger partial charge in [0.2, 0.25) is 0 Å². The summed E-state index contributed by atoms with van der Waals surface area (Å²) in [5.74, 6) is 0. The predicted octanol–water partition coefficient (Wildman–Crippen LogP) is 1.77. The second kappa shape index (κ2) is 5.07. The summed E-state index contributed by atoms with van der Waals surface area (Å²) in [6, 6.07) is 0. The van der Waals surface area contributed by atoms with Gasteiger partial charge in [0.25, 0.3) is 0 Å². The van der Waals surface area contributed by atoms with Crippen molar-refractivity contribution >= 4 is 6.09 Å². The first-order valence-corrected chi connectivity index (χ1v) is 4.64. The number of nitrogens with one attached hydrogen (secondary N) is 1. The Morgan fingerprint density at radius 3 is 2.23 bits per heavy atom. The lowest BCUT2D eigenvalue weighted by molar-refractivity contribution is 0.0155. The first-order valence-electron chi connectivity index (χ1n) is 4.64. The van der Waals surface area contributed by atoms with Gasteiger partial charge in [0.05, 0.1) is 0 Å². The van der Waals surface area contributed by atoms with E-state index in [9.17, 15) is 4.79 Å². The highest BCUT2D eigenvalue weighted by Crippen LogP contribution is 2.08. The van der Waals surface area contributed by atoms with E-state index in [4.69, 9.17) is 4.74 Å². The van der Waals surface area contributed by atoms with Gasteiger partial charge in [-0.05, 0) is 27.7 Å². The Bertz CT molecular complexity index is 163. The number of carbonyl (C=O) groups is 1. The average Bonchev–Trinajstić information content (AvgIpc) is 1.96. The molecule has 0 aromatic rings. The van der Waals surface area contributed by atoms with Crippen LogP contribution in [0.5, 0.6) is 0 Å². The summed E-state index contributed by atoms with van der Waals surface area (Å²) < 4.78 is 5.17. The molecule has 4 nitrogen and oxygen atoms in total. The minimum absolute atomic E-state index is 0.322. The molecule has 0 aliphatic rings. The first-order chi connectivity index (χ1) is 5.90. The monoisotopic (exact) mass is 188 g/mol. The summed E-state index contributed by atoms with van der Waals surface area (Å²) in [4.78, 5) is 11.4. The second-order valence-corrected chi connectivity index (χ2v) is 3.74. The molecule has 0 aliphatic carbocycles. The zero-order chi connectivity index (χ0) is 10.5. The summed E-state index contributed by atoms with van der Waals surface area (Å²) in [5, 5.41) is 1.46. The zero-order valence-electron chi connectivity index (χ0n) is 9.18. The van der Waals surface area contributed by atoms with Crippen LogP contribution in [0.4, 0.5) is 4.79 Å². The molecule has 0 saturated heterocycles. The van der Waals surface area contributed by atoms with Gasteiger partial charge >= 0.3 is 6.09 Å². The molecular weight excluding hydrogens is 168 g/mol. The molecule has 13 heavy (non-hydrogen) atoms. The average molecular weight is 188 g/mol. The van der Waals surface area contributed by atoms with Crippen LogP contribution in [-0.4, -0.2) is 29.8 Å². The highest BCUT2D eigenvalue weighted by Gasteiger charge is 2.20. The van der Waals surface area contributed by atoms with Gasteiger partial charge in [0.1, 0.15) is 5.60 Å². The summed E-state index contributed by atoms with van der Waals surface area (Å²) in [6.07, 6.45) is -0.322. The van der Waals surface area contributed by atoms with Gasteiger partial charge in [-0.15, -0.1) is 0 Å². The van der Waals surface area contributed by atoms with Gasteiger partial charge in [0.15, 0.2) is 0 Å². The van der Waals surface area contributed by atoms with Crippen molar-refractivity contribution < 1.29 is 9.53 Å². The molecular formula is C9H20N2O2. The maximum Gasteiger partial charge on any atom is 0.424 e. The first kappa shape index (κ1) is 12.2. The van der Waals surface area contributed by atoms with Crippen LogP contribution in [0.3, 0.4) is 0 Å². The Balaban J connectivity index is 4.06. The fraction of sp³-hybridized carbons (Fsp3) is 0.889. The normalized spacial score (nSPS) is 11.2. The maximum absolute atomic E-state index is 11.4. The van der Waals surface area contributed by atoms with E-state index < -0.39 is 5.60 Å². The molecule has 1 N–H and O–H groups in total. The number of amides is 1.